The van der Waals surface area contributed by atoms with Crippen LogP contribution in [-0.4, -0.2) is 36.3 Å². The zero-order valence-corrected chi connectivity index (χ0v) is 13.3. The largest absolute Gasteiger partial charge is 0.326 e. The Labute approximate surface area is 134 Å². The Kier molecular flexibility index (Phi) is 4.24. The van der Waals surface area contributed by atoms with Gasteiger partial charge in [-0.05, 0) is 36.4 Å². The molecule has 0 aliphatic carbocycles. The number of nitrogens with zero attached hydrogens (tertiary/aromatic N) is 2. The number of carbonyl (C=O) groups excluding carboxylic acids is 2. The number of amides is 2. The van der Waals surface area contributed by atoms with Crippen molar-refractivity contribution in [3.8, 4) is 0 Å². The van der Waals surface area contributed by atoms with Crippen molar-refractivity contribution >= 4 is 28.8 Å². The second-order valence-corrected chi connectivity index (χ2v) is 6.31. The molecule has 2 amide bonds. The van der Waals surface area contributed by atoms with Gasteiger partial charge in [-0.1, -0.05) is 24.3 Å². The number of hydrogen-bond donors (Lipinski definition) is 0. The summed E-state index contributed by atoms with van der Waals surface area (Å²) in [6.07, 6.45) is 1.60. The lowest BCUT2D eigenvalue weighted by molar-refractivity contribution is -0.121. The lowest BCUT2D eigenvalue weighted by atomic mass is 10.1. The monoisotopic (exact) mass is 314 g/mol. The van der Waals surface area contributed by atoms with E-state index in [-0.39, 0.29) is 17.9 Å². The number of likely N-dealkylation sites (N-methyl/N-ethyl adjacent to an activating group) is 1. The second-order valence-electron chi connectivity index (χ2n) is 5.37. The van der Waals surface area contributed by atoms with Crippen molar-refractivity contribution < 1.29 is 9.59 Å². The molecule has 2 aromatic rings. The Bertz CT molecular complexity index is 655. The lowest BCUT2D eigenvalue weighted by Crippen LogP contribution is -2.46. The minimum Gasteiger partial charge on any atom is -0.326 e. The van der Waals surface area contributed by atoms with Crippen LogP contribution in [0.1, 0.15) is 22.5 Å². The van der Waals surface area contributed by atoms with Crippen LogP contribution in [0.3, 0.4) is 0 Å². The topological polar surface area (TPSA) is 40.6 Å². The number of carbonyl (C=O) groups is 2. The van der Waals surface area contributed by atoms with Crippen molar-refractivity contribution in [2.24, 2.45) is 0 Å². The molecule has 1 fully saturated rings. The van der Waals surface area contributed by atoms with E-state index in [0.29, 0.717) is 11.4 Å². The Morgan fingerprint density at radius 3 is 2.64 bits per heavy atom. The highest BCUT2D eigenvalue weighted by molar-refractivity contribution is 7.12. The van der Waals surface area contributed by atoms with Gasteiger partial charge in [-0.2, -0.15) is 0 Å². The predicted octanol–water partition coefficient (Wildman–Crippen LogP) is 3.02. The summed E-state index contributed by atoms with van der Waals surface area (Å²) in [6, 6.07) is 12.8. The van der Waals surface area contributed by atoms with Crippen molar-refractivity contribution in [3.05, 3.63) is 52.7 Å². The van der Waals surface area contributed by atoms with Crippen LogP contribution in [-0.2, 0) is 4.79 Å². The minimum absolute atomic E-state index is 0.0198. The molecule has 22 heavy (non-hydrogen) atoms. The van der Waals surface area contributed by atoms with Crippen LogP contribution < -0.4 is 4.90 Å². The molecule has 0 spiro atoms. The van der Waals surface area contributed by atoms with Crippen molar-refractivity contribution in [1.82, 2.24) is 4.90 Å². The summed E-state index contributed by atoms with van der Waals surface area (Å²) in [5, 5.41) is 1.89. The van der Waals surface area contributed by atoms with Crippen LogP contribution in [0.5, 0.6) is 0 Å². The molecule has 4 nitrogen and oxygen atoms in total. The summed E-state index contributed by atoms with van der Waals surface area (Å²) in [4.78, 5) is 29.4. The quantitative estimate of drug-likeness (QED) is 0.874. The van der Waals surface area contributed by atoms with Gasteiger partial charge in [0, 0.05) is 19.3 Å². The number of thiophene rings is 1. The number of hydrogen-bond acceptors (Lipinski definition) is 3. The molecule has 5 heteroatoms. The molecule has 0 bridgehead atoms. The highest BCUT2D eigenvalue weighted by Crippen LogP contribution is 2.25. The zero-order valence-electron chi connectivity index (χ0n) is 12.4. The third-order valence-electron chi connectivity index (χ3n) is 4.00. The van der Waals surface area contributed by atoms with E-state index in [4.69, 9.17) is 0 Å². The molecule has 114 valence electrons. The van der Waals surface area contributed by atoms with Crippen LogP contribution in [0.15, 0.2) is 47.8 Å². The summed E-state index contributed by atoms with van der Waals surface area (Å²) in [7, 11) is 1.77. The summed E-state index contributed by atoms with van der Waals surface area (Å²) in [5.41, 5.74) is 0.850. The number of benzene rings is 1. The highest BCUT2D eigenvalue weighted by Gasteiger charge is 2.36. The Hall–Kier alpha value is -2.14. The molecule has 1 aliphatic heterocycles. The Morgan fingerprint density at radius 1 is 1.18 bits per heavy atom. The smallest absolute Gasteiger partial charge is 0.264 e. The van der Waals surface area contributed by atoms with Gasteiger partial charge in [-0.25, -0.2) is 0 Å². The average Bonchev–Trinajstić information content (AvgIpc) is 3.25. The zero-order chi connectivity index (χ0) is 15.5. The fourth-order valence-corrected chi connectivity index (χ4v) is 3.49. The standard InChI is InChI=1S/C17H18N2O2S/c1-18(13-7-3-2-4-8-13)16(20)14-9-5-11-19(14)17(21)15-10-6-12-22-15/h2-4,6-8,10,12,14H,5,9,11H2,1H3/t14-/m0/s1. The van der Waals surface area contributed by atoms with E-state index in [1.807, 2.05) is 47.8 Å². The van der Waals surface area contributed by atoms with Crippen LogP contribution in [0.4, 0.5) is 5.69 Å². The molecule has 0 unspecified atom stereocenters. The third-order valence-corrected chi connectivity index (χ3v) is 4.86. The molecule has 3 rings (SSSR count). The molecule has 1 aromatic heterocycles. The summed E-state index contributed by atoms with van der Waals surface area (Å²) in [5.74, 6) is -0.0547. The highest BCUT2D eigenvalue weighted by atomic mass is 32.1. The molecule has 1 atom stereocenters. The number of rotatable bonds is 3. The lowest BCUT2D eigenvalue weighted by Gasteiger charge is -2.27. The van der Waals surface area contributed by atoms with Gasteiger partial charge in [-0.15, -0.1) is 11.3 Å². The first-order valence-electron chi connectivity index (χ1n) is 7.35. The van der Waals surface area contributed by atoms with Crippen molar-refractivity contribution in [2.45, 2.75) is 18.9 Å². The maximum atomic E-state index is 12.8. The molecule has 2 heterocycles. The Balaban J connectivity index is 1.78. The van der Waals surface area contributed by atoms with Gasteiger partial charge in [0.2, 0.25) is 5.91 Å². The molecule has 0 saturated carbocycles. The normalized spacial score (nSPS) is 17.5. The van der Waals surface area contributed by atoms with Gasteiger partial charge in [-0.3, -0.25) is 9.59 Å². The predicted molar refractivity (Wildman–Crippen MR) is 88.2 cm³/mol. The van der Waals surface area contributed by atoms with Gasteiger partial charge >= 0.3 is 0 Å². The molecule has 0 radical (unpaired) electrons. The maximum absolute atomic E-state index is 12.8. The fourth-order valence-electron chi connectivity index (χ4n) is 2.81. The van der Waals surface area contributed by atoms with E-state index in [1.54, 1.807) is 16.8 Å². The summed E-state index contributed by atoms with van der Waals surface area (Å²) < 4.78 is 0. The van der Waals surface area contributed by atoms with Crippen LogP contribution in [0, 0.1) is 0 Å². The third kappa shape index (κ3) is 2.76. The molecule has 1 aromatic carbocycles. The second kappa shape index (κ2) is 6.32. The summed E-state index contributed by atoms with van der Waals surface area (Å²) in [6.45, 7) is 0.649. The first-order chi connectivity index (χ1) is 10.7. The van der Waals surface area contributed by atoms with E-state index >= 15 is 0 Å². The molecular formula is C17H18N2O2S. The van der Waals surface area contributed by atoms with Gasteiger partial charge in [0.15, 0.2) is 0 Å². The fraction of sp³-hybridized carbons (Fsp3) is 0.294. The summed E-state index contributed by atoms with van der Waals surface area (Å²) >= 11 is 1.42. The van der Waals surface area contributed by atoms with E-state index in [2.05, 4.69) is 0 Å². The van der Waals surface area contributed by atoms with Crippen LogP contribution in [0.25, 0.3) is 0 Å². The number of likely N-dealkylation sites (tertiary alicyclic amines) is 1. The average molecular weight is 314 g/mol. The molecule has 1 saturated heterocycles. The van der Waals surface area contributed by atoms with Crippen molar-refractivity contribution in [1.29, 1.82) is 0 Å². The molecular weight excluding hydrogens is 296 g/mol. The number of para-hydroxylation sites is 1. The van der Waals surface area contributed by atoms with Crippen LogP contribution in [0.2, 0.25) is 0 Å². The van der Waals surface area contributed by atoms with E-state index in [9.17, 15) is 9.59 Å². The van der Waals surface area contributed by atoms with Gasteiger partial charge < -0.3 is 9.80 Å². The molecule has 0 N–H and O–H groups in total. The Morgan fingerprint density at radius 2 is 1.95 bits per heavy atom. The molecule has 1 aliphatic rings. The van der Waals surface area contributed by atoms with Gasteiger partial charge in [0.25, 0.3) is 5.91 Å². The van der Waals surface area contributed by atoms with Crippen molar-refractivity contribution in [3.63, 3.8) is 0 Å². The van der Waals surface area contributed by atoms with E-state index in [1.165, 1.54) is 11.3 Å². The van der Waals surface area contributed by atoms with Crippen LogP contribution >= 0.6 is 11.3 Å². The first kappa shape index (κ1) is 14.8. The van der Waals surface area contributed by atoms with Gasteiger partial charge in [0.05, 0.1) is 4.88 Å². The van der Waals surface area contributed by atoms with Gasteiger partial charge in [0.1, 0.15) is 6.04 Å². The first-order valence-corrected chi connectivity index (χ1v) is 8.23. The minimum atomic E-state index is -0.361. The van der Waals surface area contributed by atoms with E-state index < -0.39 is 0 Å². The number of anilines is 1. The van der Waals surface area contributed by atoms with Crippen molar-refractivity contribution in [2.75, 3.05) is 18.5 Å². The van der Waals surface area contributed by atoms with E-state index in [0.717, 1.165) is 18.5 Å². The maximum Gasteiger partial charge on any atom is 0.264 e. The SMILES string of the molecule is CN(C(=O)[C@@H]1CCCN1C(=O)c1cccs1)c1ccccc1.